The van der Waals surface area contributed by atoms with Crippen LogP contribution in [0.2, 0.25) is 0 Å². The van der Waals surface area contributed by atoms with E-state index in [9.17, 15) is 9.59 Å². The largest absolute Gasteiger partial charge is 0.350 e. The number of aryl methyl sites for hydroxylation is 1. The molecule has 0 saturated carbocycles. The van der Waals surface area contributed by atoms with Crippen molar-refractivity contribution in [3.63, 3.8) is 0 Å². The molecule has 1 aromatic heterocycles. The molecule has 1 saturated heterocycles. The SMILES string of the molecule is CCC1CCCN(C(C)(C)CNC(=O)c2ccc(=O)n(C)c2)C1. The van der Waals surface area contributed by atoms with Gasteiger partial charge in [0.15, 0.2) is 0 Å². The quantitative estimate of drug-likeness (QED) is 0.903. The Morgan fingerprint density at radius 1 is 1.39 bits per heavy atom. The van der Waals surface area contributed by atoms with Crippen LogP contribution in [0.1, 0.15) is 50.4 Å². The lowest BCUT2D eigenvalue weighted by atomic mass is 9.91. The summed E-state index contributed by atoms with van der Waals surface area (Å²) < 4.78 is 1.43. The highest BCUT2D eigenvalue weighted by Gasteiger charge is 2.31. The number of pyridine rings is 1. The summed E-state index contributed by atoms with van der Waals surface area (Å²) in [5.41, 5.74) is 0.346. The molecule has 1 unspecified atom stereocenters. The third-order valence-electron chi connectivity index (χ3n) is 4.98. The Kier molecular flexibility index (Phi) is 5.63. The number of hydrogen-bond acceptors (Lipinski definition) is 3. The molecule has 1 aliphatic heterocycles. The number of piperidine rings is 1. The predicted octanol–water partition coefficient (Wildman–Crippen LogP) is 2.02. The molecule has 128 valence electrons. The van der Waals surface area contributed by atoms with E-state index < -0.39 is 0 Å². The van der Waals surface area contributed by atoms with Crippen LogP contribution in [0.5, 0.6) is 0 Å². The summed E-state index contributed by atoms with van der Waals surface area (Å²) in [6.07, 6.45) is 5.35. The van der Waals surface area contributed by atoms with Crippen LogP contribution in [-0.2, 0) is 7.05 Å². The predicted molar refractivity (Wildman–Crippen MR) is 92.7 cm³/mol. The number of rotatable bonds is 5. The fraction of sp³-hybridized carbons (Fsp3) is 0.667. The normalized spacial score (nSPS) is 19.6. The van der Waals surface area contributed by atoms with E-state index in [4.69, 9.17) is 0 Å². The van der Waals surface area contributed by atoms with Gasteiger partial charge in [-0.05, 0) is 45.2 Å². The van der Waals surface area contributed by atoms with Crippen LogP contribution in [0.15, 0.2) is 23.1 Å². The van der Waals surface area contributed by atoms with Gasteiger partial charge < -0.3 is 9.88 Å². The Labute approximate surface area is 138 Å². The molecule has 1 aromatic rings. The lowest BCUT2D eigenvalue weighted by Gasteiger charge is -2.43. The van der Waals surface area contributed by atoms with Gasteiger partial charge in [-0.15, -0.1) is 0 Å². The number of aromatic nitrogens is 1. The van der Waals surface area contributed by atoms with Crippen LogP contribution in [-0.4, -0.2) is 40.5 Å². The number of carbonyl (C=O) groups is 1. The molecule has 0 spiro atoms. The van der Waals surface area contributed by atoms with Gasteiger partial charge in [0.1, 0.15) is 0 Å². The Balaban J connectivity index is 1.96. The molecular formula is C18H29N3O2. The van der Waals surface area contributed by atoms with E-state index >= 15 is 0 Å². The van der Waals surface area contributed by atoms with Crippen LogP contribution < -0.4 is 10.9 Å². The average molecular weight is 319 g/mol. The summed E-state index contributed by atoms with van der Waals surface area (Å²) in [6, 6.07) is 3.01. The Morgan fingerprint density at radius 2 is 2.13 bits per heavy atom. The summed E-state index contributed by atoms with van der Waals surface area (Å²) in [5, 5.41) is 3.02. The molecule has 0 radical (unpaired) electrons. The first-order chi connectivity index (χ1) is 10.8. The lowest BCUT2D eigenvalue weighted by Crippen LogP contribution is -2.54. The third kappa shape index (κ3) is 4.44. The van der Waals surface area contributed by atoms with Gasteiger partial charge in [0, 0.05) is 37.9 Å². The zero-order chi connectivity index (χ0) is 17.0. The molecule has 1 atom stereocenters. The zero-order valence-corrected chi connectivity index (χ0v) is 14.8. The Hall–Kier alpha value is -1.62. The number of hydrogen-bond donors (Lipinski definition) is 1. The third-order valence-corrected chi connectivity index (χ3v) is 4.98. The number of likely N-dealkylation sites (tertiary alicyclic amines) is 1. The summed E-state index contributed by atoms with van der Waals surface area (Å²) in [7, 11) is 1.65. The van der Waals surface area contributed by atoms with E-state index in [0.717, 1.165) is 19.0 Å². The Bertz CT molecular complexity index is 607. The zero-order valence-electron chi connectivity index (χ0n) is 14.8. The van der Waals surface area contributed by atoms with E-state index in [-0.39, 0.29) is 17.0 Å². The van der Waals surface area contributed by atoms with Gasteiger partial charge in [0.05, 0.1) is 5.56 Å². The maximum atomic E-state index is 12.3. The molecule has 1 N–H and O–H groups in total. The molecule has 0 aromatic carbocycles. The molecular weight excluding hydrogens is 290 g/mol. The summed E-state index contributed by atoms with van der Waals surface area (Å²) in [4.78, 5) is 26.2. The standard InChI is InChI=1S/C18H29N3O2/c1-5-14-7-6-10-21(11-14)18(2,3)13-19-17(23)15-8-9-16(22)20(4)12-15/h8-9,12,14H,5-7,10-11,13H2,1-4H3,(H,19,23). The van der Waals surface area contributed by atoms with Crippen molar-refractivity contribution < 1.29 is 4.79 Å². The topological polar surface area (TPSA) is 54.3 Å². The van der Waals surface area contributed by atoms with Crippen LogP contribution in [0, 0.1) is 5.92 Å². The maximum absolute atomic E-state index is 12.3. The smallest absolute Gasteiger partial charge is 0.252 e. The average Bonchev–Trinajstić information content (AvgIpc) is 2.55. The van der Waals surface area contributed by atoms with Crippen molar-refractivity contribution in [1.82, 2.24) is 14.8 Å². The van der Waals surface area contributed by atoms with E-state index in [1.807, 2.05) is 0 Å². The fourth-order valence-electron chi connectivity index (χ4n) is 3.19. The Morgan fingerprint density at radius 3 is 2.78 bits per heavy atom. The van der Waals surface area contributed by atoms with Crippen LogP contribution >= 0.6 is 0 Å². The van der Waals surface area contributed by atoms with Crippen LogP contribution in [0.4, 0.5) is 0 Å². The molecule has 23 heavy (non-hydrogen) atoms. The highest BCUT2D eigenvalue weighted by molar-refractivity contribution is 5.93. The maximum Gasteiger partial charge on any atom is 0.252 e. The van der Waals surface area contributed by atoms with E-state index in [2.05, 4.69) is 31.0 Å². The highest BCUT2D eigenvalue weighted by atomic mass is 16.2. The van der Waals surface area contributed by atoms with Crippen molar-refractivity contribution in [3.05, 3.63) is 34.2 Å². The van der Waals surface area contributed by atoms with Crippen molar-refractivity contribution in [1.29, 1.82) is 0 Å². The molecule has 1 fully saturated rings. The van der Waals surface area contributed by atoms with Gasteiger partial charge in [-0.25, -0.2) is 0 Å². The molecule has 1 amide bonds. The lowest BCUT2D eigenvalue weighted by molar-refractivity contribution is 0.0612. The fourth-order valence-corrected chi connectivity index (χ4v) is 3.19. The minimum Gasteiger partial charge on any atom is -0.350 e. The first kappa shape index (κ1) is 17.7. The minimum atomic E-state index is -0.127. The molecule has 0 aliphatic carbocycles. The summed E-state index contributed by atoms with van der Waals surface area (Å²) in [5.74, 6) is 0.639. The van der Waals surface area contributed by atoms with Crippen molar-refractivity contribution >= 4 is 5.91 Å². The minimum absolute atomic E-state index is 0.0653. The van der Waals surface area contributed by atoms with Crippen molar-refractivity contribution in [3.8, 4) is 0 Å². The highest BCUT2D eigenvalue weighted by Crippen LogP contribution is 2.25. The van der Waals surface area contributed by atoms with Crippen molar-refractivity contribution in [2.75, 3.05) is 19.6 Å². The molecule has 2 heterocycles. The van der Waals surface area contributed by atoms with Gasteiger partial charge in [-0.3, -0.25) is 14.5 Å². The molecule has 2 rings (SSSR count). The van der Waals surface area contributed by atoms with Crippen LogP contribution in [0.3, 0.4) is 0 Å². The second-order valence-electron chi connectivity index (χ2n) is 7.22. The van der Waals surface area contributed by atoms with Crippen molar-refractivity contribution in [2.45, 2.75) is 45.6 Å². The van der Waals surface area contributed by atoms with Gasteiger partial charge in [-0.2, -0.15) is 0 Å². The van der Waals surface area contributed by atoms with Gasteiger partial charge in [0.2, 0.25) is 5.56 Å². The number of nitrogens with one attached hydrogen (secondary N) is 1. The summed E-state index contributed by atoms with van der Waals surface area (Å²) >= 11 is 0. The second kappa shape index (κ2) is 7.30. The number of nitrogens with zero attached hydrogens (tertiary/aromatic N) is 2. The molecule has 5 heteroatoms. The second-order valence-corrected chi connectivity index (χ2v) is 7.22. The van der Waals surface area contributed by atoms with Gasteiger partial charge in [0.25, 0.3) is 5.91 Å². The first-order valence-electron chi connectivity index (χ1n) is 8.53. The van der Waals surface area contributed by atoms with E-state index in [1.165, 1.54) is 29.9 Å². The monoisotopic (exact) mass is 319 g/mol. The van der Waals surface area contributed by atoms with Gasteiger partial charge >= 0.3 is 0 Å². The summed E-state index contributed by atoms with van der Waals surface area (Å²) in [6.45, 7) is 9.43. The number of carbonyl (C=O) groups excluding carboxylic acids is 1. The molecule has 0 bridgehead atoms. The van der Waals surface area contributed by atoms with E-state index in [1.54, 1.807) is 19.3 Å². The number of amides is 1. The molecule has 5 nitrogen and oxygen atoms in total. The van der Waals surface area contributed by atoms with Gasteiger partial charge in [-0.1, -0.05) is 13.3 Å². The van der Waals surface area contributed by atoms with Crippen LogP contribution in [0.25, 0.3) is 0 Å². The first-order valence-corrected chi connectivity index (χ1v) is 8.53. The molecule has 1 aliphatic rings. The van der Waals surface area contributed by atoms with Crippen molar-refractivity contribution in [2.24, 2.45) is 13.0 Å². The van der Waals surface area contributed by atoms with E-state index in [0.29, 0.717) is 12.1 Å².